The first-order chi connectivity index (χ1) is 11.4. The van der Waals surface area contributed by atoms with Gasteiger partial charge in [0.1, 0.15) is 18.2 Å². The Kier molecular flexibility index (Phi) is 4.69. The number of benzene rings is 1. The summed E-state index contributed by atoms with van der Waals surface area (Å²) in [6, 6.07) is 5.41. The second kappa shape index (κ2) is 6.60. The van der Waals surface area contributed by atoms with E-state index in [1.807, 2.05) is 0 Å². The summed E-state index contributed by atoms with van der Waals surface area (Å²) in [6.45, 7) is 0.118. The number of halogens is 3. The summed E-state index contributed by atoms with van der Waals surface area (Å²) in [5.41, 5.74) is 0.582. The van der Waals surface area contributed by atoms with Gasteiger partial charge in [-0.1, -0.05) is 0 Å². The first-order valence-corrected chi connectivity index (χ1v) is 8.77. The van der Waals surface area contributed by atoms with Crippen molar-refractivity contribution in [3.63, 3.8) is 0 Å². The topological polar surface area (TPSA) is 40.6 Å². The molecule has 0 saturated heterocycles. The third-order valence-corrected chi connectivity index (χ3v) is 5.43. The van der Waals surface area contributed by atoms with Gasteiger partial charge in [0, 0.05) is 25.2 Å². The molecule has 0 radical (unpaired) electrons. The molecular formula is C16H13BrF2N2O2S. The van der Waals surface area contributed by atoms with Crippen molar-refractivity contribution in [2.45, 2.75) is 6.42 Å². The number of carbonyl (C=O) groups excluding carboxylic acids is 2. The van der Waals surface area contributed by atoms with Crippen molar-refractivity contribution in [3.05, 3.63) is 50.1 Å². The predicted molar refractivity (Wildman–Crippen MR) is 91.4 cm³/mol. The Labute approximate surface area is 149 Å². The molecule has 24 heavy (non-hydrogen) atoms. The Morgan fingerprint density at radius 2 is 2.08 bits per heavy atom. The van der Waals surface area contributed by atoms with E-state index >= 15 is 0 Å². The van der Waals surface area contributed by atoms with E-state index in [4.69, 9.17) is 0 Å². The van der Waals surface area contributed by atoms with Crippen molar-refractivity contribution in [3.8, 4) is 0 Å². The normalized spacial score (nSPS) is 13.1. The highest BCUT2D eigenvalue weighted by Gasteiger charge is 2.29. The largest absolute Gasteiger partial charge is 0.332 e. The molecule has 0 unspecified atom stereocenters. The van der Waals surface area contributed by atoms with Crippen LogP contribution in [0.5, 0.6) is 0 Å². The van der Waals surface area contributed by atoms with Crippen molar-refractivity contribution in [2.24, 2.45) is 0 Å². The van der Waals surface area contributed by atoms with Crippen LogP contribution in [-0.2, 0) is 11.2 Å². The van der Waals surface area contributed by atoms with Crippen LogP contribution in [0.3, 0.4) is 0 Å². The van der Waals surface area contributed by atoms with E-state index in [9.17, 15) is 18.4 Å². The number of anilines is 1. The van der Waals surface area contributed by atoms with Crippen molar-refractivity contribution in [1.29, 1.82) is 0 Å². The van der Waals surface area contributed by atoms with Gasteiger partial charge in [0.15, 0.2) is 0 Å². The summed E-state index contributed by atoms with van der Waals surface area (Å²) in [4.78, 5) is 27.9. The highest BCUT2D eigenvalue weighted by molar-refractivity contribution is 9.11. The molecule has 2 amide bonds. The van der Waals surface area contributed by atoms with Crippen LogP contribution in [0.1, 0.15) is 15.2 Å². The van der Waals surface area contributed by atoms with E-state index in [1.165, 1.54) is 28.2 Å². The van der Waals surface area contributed by atoms with E-state index in [1.54, 1.807) is 12.1 Å². The Bertz CT molecular complexity index is 824. The van der Waals surface area contributed by atoms with Crippen LogP contribution in [0.25, 0.3) is 0 Å². The van der Waals surface area contributed by atoms with Gasteiger partial charge in [-0.25, -0.2) is 8.78 Å². The summed E-state index contributed by atoms with van der Waals surface area (Å²) in [5.74, 6) is -2.01. The van der Waals surface area contributed by atoms with Crippen LogP contribution >= 0.6 is 27.3 Å². The first kappa shape index (κ1) is 17.0. The van der Waals surface area contributed by atoms with Gasteiger partial charge in [0.2, 0.25) is 5.91 Å². The zero-order valence-electron chi connectivity index (χ0n) is 12.7. The van der Waals surface area contributed by atoms with Crippen LogP contribution in [0, 0.1) is 11.6 Å². The monoisotopic (exact) mass is 414 g/mol. The minimum absolute atomic E-state index is 0.161. The zero-order chi connectivity index (χ0) is 17.4. The summed E-state index contributed by atoms with van der Waals surface area (Å²) >= 11 is 4.56. The molecule has 2 aromatic rings. The summed E-state index contributed by atoms with van der Waals surface area (Å²) in [7, 11) is 1.52. The summed E-state index contributed by atoms with van der Waals surface area (Å²) in [5, 5.41) is 0. The highest BCUT2D eigenvalue weighted by atomic mass is 79.9. The van der Waals surface area contributed by atoms with E-state index in [0.29, 0.717) is 16.9 Å². The van der Waals surface area contributed by atoms with E-state index < -0.39 is 11.6 Å². The zero-order valence-corrected chi connectivity index (χ0v) is 15.1. The molecular weight excluding hydrogens is 402 g/mol. The molecule has 0 saturated carbocycles. The molecule has 0 bridgehead atoms. The van der Waals surface area contributed by atoms with Gasteiger partial charge in [-0.3, -0.25) is 9.59 Å². The van der Waals surface area contributed by atoms with Crippen molar-refractivity contribution in [2.75, 3.05) is 25.0 Å². The standard InChI is InChI=1S/C16H13BrF2N2O2S/c1-20(16(23)13-2-3-14(17)24-13)8-15(22)21-5-4-10-11(19)6-9(18)7-12(10)21/h2-3,6-7H,4-5,8H2,1H3. The second-order valence-corrected chi connectivity index (χ2v) is 7.91. The van der Waals surface area contributed by atoms with Crippen molar-refractivity contribution < 1.29 is 18.4 Å². The fourth-order valence-corrected chi connectivity index (χ4v) is 4.04. The SMILES string of the molecule is CN(CC(=O)N1CCc2c(F)cc(F)cc21)C(=O)c1ccc(Br)s1. The van der Waals surface area contributed by atoms with Crippen LogP contribution in [-0.4, -0.2) is 36.9 Å². The quantitative estimate of drug-likeness (QED) is 0.771. The number of amides is 2. The fourth-order valence-electron chi connectivity index (χ4n) is 2.66. The van der Waals surface area contributed by atoms with Gasteiger partial charge in [0.05, 0.1) is 14.4 Å². The molecule has 1 aliphatic rings. The Morgan fingerprint density at radius 1 is 1.33 bits per heavy atom. The first-order valence-electron chi connectivity index (χ1n) is 7.16. The lowest BCUT2D eigenvalue weighted by Gasteiger charge is -2.22. The molecule has 0 atom stereocenters. The van der Waals surface area contributed by atoms with E-state index in [2.05, 4.69) is 15.9 Å². The smallest absolute Gasteiger partial charge is 0.264 e. The number of likely N-dealkylation sites (N-methyl/N-ethyl adjacent to an activating group) is 1. The van der Waals surface area contributed by atoms with Gasteiger partial charge in [-0.05, 0) is 40.5 Å². The molecule has 1 aromatic heterocycles. The minimum Gasteiger partial charge on any atom is -0.332 e. The number of hydrogen-bond acceptors (Lipinski definition) is 3. The van der Waals surface area contributed by atoms with Gasteiger partial charge in [0.25, 0.3) is 5.91 Å². The predicted octanol–water partition coefficient (Wildman–Crippen LogP) is 3.45. The van der Waals surface area contributed by atoms with E-state index in [0.717, 1.165) is 15.9 Å². The van der Waals surface area contributed by atoms with Crippen molar-refractivity contribution >= 4 is 44.8 Å². The highest BCUT2D eigenvalue weighted by Crippen LogP contribution is 2.31. The number of thiophene rings is 1. The number of nitrogens with zero attached hydrogens (tertiary/aromatic N) is 2. The maximum atomic E-state index is 13.8. The van der Waals surface area contributed by atoms with E-state index in [-0.39, 0.29) is 30.6 Å². The molecule has 0 aliphatic carbocycles. The van der Waals surface area contributed by atoms with Gasteiger partial charge < -0.3 is 9.80 Å². The number of rotatable bonds is 3. The van der Waals surface area contributed by atoms with Crippen LogP contribution in [0.2, 0.25) is 0 Å². The Balaban J connectivity index is 1.74. The lowest BCUT2D eigenvalue weighted by Crippen LogP contribution is -2.40. The second-order valence-electron chi connectivity index (χ2n) is 5.45. The Hall–Kier alpha value is -1.80. The average Bonchev–Trinajstić information content (AvgIpc) is 3.12. The van der Waals surface area contributed by atoms with Gasteiger partial charge >= 0.3 is 0 Å². The summed E-state index contributed by atoms with van der Waals surface area (Å²) < 4.78 is 28.0. The van der Waals surface area contributed by atoms with Crippen LogP contribution < -0.4 is 4.90 Å². The maximum absolute atomic E-state index is 13.8. The molecule has 1 aromatic carbocycles. The molecule has 0 N–H and O–H groups in total. The van der Waals surface area contributed by atoms with Crippen LogP contribution in [0.4, 0.5) is 14.5 Å². The number of fused-ring (bicyclic) bond motifs is 1. The lowest BCUT2D eigenvalue weighted by molar-refractivity contribution is -0.119. The lowest BCUT2D eigenvalue weighted by atomic mass is 10.1. The molecule has 0 spiro atoms. The Morgan fingerprint density at radius 3 is 2.75 bits per heavy atom. The average molecular weight is 415 g/mol. The molecule has 126 valence electrons. The molecule has 1 aliphatic heterocycles. The molecule has 8 heteroatoms. The van der Waals surface area contributed by atoms with Gasteiger partial charge in [-0.15, -0.1) is 11.3 Å². The fraction of sp³-hybridized carbons (Fsp3) is 0.250. The third kappa shape index (κ3) is 3.21. The number of hydrogen-bond donors (Lipinski definition) is 0. The summed E-state index contributed by atoms with van der Waals surface area (Å²) in [6.07, 6.45) is 0.336. The molecule has 4 nitrogen and oxygen atoms in total. The van der Waals surface area contributed by atoms with Gasteiger partial charge in [-0.2, -0.15) is 0 Å². The minimum atomic E-state index is -0.723. The molecule has 3 rings (SSSR count). The van der Waals surface area contributed by atoms with Crippen LogP contribution in [0.15, 0.2) is 28.1 Å². The maximum Gasteiger partial charge on any atom is 0.264 e. The van der Waals surface area contributed by atoms with Crippen molar-refractivity contribution in [1.82, 2.24) is 4.90 Å². The third-order valence-electron chi connectivity index (χ3n) is 3.82. The molecule has 2 heterocycles. The number of carbonyl (C=O) groups is 2. The molecule has 0 fully saturated rings.